The van der Waals surface area contributed by atoms with Gasteiger partial charge in [-0.25, -0.2) is 0 Å². The van der Waals surface area contributed by atoms with E-state index in [9.17, 15) is 14.9 Å². The third-order valence-corrected chi connectivity index (χ3v) is 3.02. The zero-order valence-electron chi connectivity index (χ0n) is 12.7. The highest BCUT2D eigenvalue weighted by Gasteiger charge is 2.20. The standard InChI is InChI=1S/C14H16N4O5/c1-22-11-5-3-4-10(8-11)15-13(19)6-7-17-9-12(18(20)21)14(16-17)23-2/h3-5,8-9H,6-7H2,1-2H3,(H,15,19). The lowest BCUT2D eigenvalue weighted by atomic mass is 10.3. The van der Waals surface area contributed by atoms with Crippen molar-refractivity contribution in [1.29, 1.82) is 0 Å². The Bertz CT molecular complexity index is 713. The predicted molar refractivity (Wildman–Crippen MR) is 81.7 cm³/mol. The number of carbonyl (C=O) groups excluding carboxylic acids is 1. The Morgan fingerprint density at radius 3 is 2.78 bits per heavy atom. The molecule has 2 aromatic rings. The Morgan fingerprint density at radius 2 is 2.17 bits per heavy atom. The zero-order chi connectivity index (χ0) is 16.8. The lowest BCUT2D eigenvalue weighted by molar-refractivity contribution is -0.385. The van der Waals surface area contributed by atoms with Gasteiger partial charge in [0.1, 0.15) is 11.9 Å². The molecule has 122 valence electrons. The van der Waals surface area contributed by atoms with Gasteiger partial charge in [0.05, 0.1) is 25.7 Å². The van der Waals surface area contributed by atoms with Crippen molar-refractivity contribution in [3.8, 4) is 11.6 Å². The fourth-order valence-corrected chi connectivity index (χ4v) is 1.92. The van der Waals surface area contributed by atoms with Gasteiger partial charge < -0.3 is 14.8 Å². The third-order valence-electron chi connectivity index (χ3n) is 3.02. The Balaban J connectivity index is 1.95. The van der Waals surface area contributed by atoms with Crippen LogP contribution in [0.5, 0.6) is 11.6 Å². The van der Waals surface area contributed by atoms with E-state index in [2.05, 4.69) is 10.4 Å². The number of nitro groups is 1. The second kappa shape index (κ2) is 7.25. The van der Waals surface area contributed by atoms with Crippen molar-refractivity contribution in [2.24, 2.45) is 0 Å². The van der Waals surface area contributed by atoms with Gasteiger partial charge in [0.15, 0.2) is 0 Å². The maximum absolute atomic E-state index is 11.9. The van der Waals surface area contributed by atoms with Gasteiger partial charge in [-0.15, -0.1) is 5.10 Å². The SMILES string of the molecule is COc1cccc(NC(=O)CCn2cc([N+](=O)[O-])c(OC)n2)c1. The normalized spacial score (nSPS) is 10.2. The minimum Gasteiger partial charge on any atom is -0.497 e. The highest BCUT2D eigenvalue weighted by atomic mass is 16.6. The van der Waals surface area contributed by atoms with Crippen LogP contribution in [0.1, 0.15) is 6.42 Å². The molecule has 9 nitrogen and oxygen atoms in total. The molecule has 1 heterocycles. The summed E-state index contributed by atoms with van der Waals surface area (Å²) in [5, 5.41) is 17.4. The molecular formula is C14H16N4O5. The fraction of sp³-hybridized carbons (Fsp3) is 0.286. The summed E-state index contributed by atoms with van der Waals surface area (Å²) < 4.78 is 11.2. The molecule has 0 aliphatic rings. The van der Waals surface area contributed by atoms with E-state index in [-0.39, 0.29) is 30.4 Å². The number of nitrogens with zero attached hydrogens (tertiary/aromatic N) is 3. The Labute approximate surface area is 132 Å². The molecule has 1 amide bonds. The van der Waals surface area contributed by atoms with Crippen LogP contribution in [0.3, 0.4) is 0 Å². The number of anilines is 1. The zero-order valence-corrected chi connectivity index (χ0v) is 12.7. The van der Waals surface area contributed by atoms with Crippen molar-refractivity contribution in [3.05, 3.63) is 40.6 Å². The number of aryl methyl sites for hydroxylation is 1. The van der Waals surface area contributed by atoms with Gasteiger partial charge in [-0.2, -0.15) is 0 Å². The molecule has 0 saturated carbocycles. The van der Waals surface area contributed by atoms with Crippen LogP contribution in [-0.4, -0.2) is 34.8 Å². The largest absolute Gasteiger partial charge is 0.497 e. The van der Waals surface area contributed by atoms with Crippen LogP contribution in [0.2, 0.25) is 0 Å². The first-order valence-electron chi connectivity index (χ1n) is 6.73. The van der Waals surface area contributed by atoms with Crippen molar-refractivity contribution in [3.63, 3.8) is 0 Å². The fourth-order valence-electron chi connectivity index (χ4n) is 1.92. The Kier molecular flexibility index (Phi) is 5.13. The number of amides is 1. The van der Waals surface area contributed by atoms with Gasteiger partial charge in [0.2, 0.25) is 5.91 Å². The Morgan fingerprint density at radius 1 is 1.39 bits per heavy atom. The maximum Gasteiger partial charge on any atom is 0.350 e. The molecule has 23 heavy (non-hydrogen) atoms. The molecule has 0 aliphatic heterocycles. The summed E-state index contributed by atoms with van der Waals surface area (Å²) in [5.74, 6) is 0.314. The van der Waals surface area contributed by atoms with Crippen molar-refractivity contribution in [1.82, 2.24) is 9.78 Å². The van der Waals surface area contributed by atoms with E-state index in [0.717, 1.165) is 0 Å². The third kappa shape index (κ3) is 4.19. The Hall–Kier alpha value is -3.10. The number of hydrogen-bond acceptors (Lipinski definition) is 6. The van der Waals surface area contributed by atoms with Crippen LogP contribution < -0.4 is 14.8 Å². The molecule has 9 heteroatoms. The van der Waals surface area contributed by atoms with Crippen LogP contribution in [-0.2, 0) is 11.3 Å². The summed E-state index contributed by atoms with van der Waals surface area (Å²) in [7, 11) is 2.84. The van der Waals surface area contributed by atoms with Crippen molar-refractivity contribution in [2.75, 3.05) is 19.5 Å². The summed E-state index contributed by atoms with van der Waals surface area (Å²) >= 11 is 0. The number of ether oxygens (including phenoxy) is 2. The molecule has 0 spiro atoms. The monoisotopic (exact) mass is 320 g/mol. The topological polar surface area (TPSA) is 109 Å². The average Bonchev–Trinajstić information content (AvgIpc) is 2.97. The van der Waals surface area contributed by atoms with Crippen molar-refractivity contribution in [2.45, 2.75) is 13.0 Å². The predicted octanol–water partition coefficient (Wildman–Crippen LogP) is 1.84. The number of methoxy groups -OCH3 is 2. The first-order valence-corrected chi connectivity index (χ1v) is 6.73. The van der Waals surface area contributed by atoms with Crippen LogP contribution in [0.4, 0.5) is 11.4 Å². The lowest BCUT2D eigenvalue weighted by Crippen LogP contribution is -2.14. The van der Waals surface area contributed by atoms with E-state index in [4.69, 9.17) is 9.47 Å². The molecular weight excluding hydrogens is 304 g/mol. The second-order valence-corrected chi connectivity index (χ2v) is 4.57. The van der Waals surface area contributed by atoms with Gasteiger partial charge in [-0.1, -0.05) is 6.07 Å². The maximum atomic E-state index is 11.9. The van der Waals surface area contributed by atoms with E-state index >= 15 is 0 Å². The summed E-state index contributed by atoms with van der Waals surface area (Å²) in [6, 6.07) is 6.96. The molecule has 0 atom stereocenters. The van der Waals surface area contributed by atoms with E-state index in [1.807, 2.05) is 0 Å². The summed E-state index contributed by atoms with van der Waals surface area (Å²) in [6.45, 7) is 0.194. The molecule has 1 aromatic heterocycles. The van der Waals surface area contributed by atoms with E-state index in [1.54, 1.807) is 31.4 Å². The number of nitrogens with one attached hydrogen (secondary N) is 1. The van der Waals surface area contributed by atoms with E-state index in [0.29, 0.717) is 11.4 Å². The average molecular weight is 320 g/mol. The van der Waals surface area contributed by atoms with Crippen LogP contribution in [0.15, 0.2) is 30.5 Å². The minimum absolute atomic E-state index is 0.0804. The number of hydrogen-bond donors (Lipinski definition) is 1. The van der Waals surface area contributed by atoms with Crippen LogP contribution in [0, 0.1) is 10.1 Å². The molecule has 1 aromatic carbocycles. The van der Waals surface area contributed by atoms with Gasteiger partial charge in [0, 0.05) is 18.2 Å². The van der Waals surface area contributed by atoms with Gasteiger partial charge >= 0.3 is 11.6 Å². The quantitative estimate of drug-likeness (QED) is 0.616. The minimum atomic E-state index is -0.585. The van der Waals surface area contributed by atoms with Gasteiger partial charge in [0.25, 0.3) is 0 Å². The second-order valence-electron chi connectivity index (χ2n) is 4.57. The summed E-state index contributed by atoms with van der Waals surface area (Å²) in [4.78, 5) is 22.2. The molecule has 2 rings (SSSR count). The number of benzene rings is 1. The first-order chi connectivity index (χ1) is 11.0. The molecule has 0 radical (unpaired) electrons. The van der Waals surface area contributed by atoms with E-state index < -0.39 is 4.92 Å². The van der Waals surface area contributed by atoms with Gasteiger partial charge in [-0.05, 0) is 12.1 Å². The van der Waals surface area contributed by atoms with E-state index in [1.165, 1.54) is 18.0 Å². The highest BCUT2D eigenvalue weighted by Crippen LogP contribution is 2.24. The molecule has 1 N–H and O–H groups in total. The number of aromatic nitrogens is 2. The molecule has 0 aliphatic carbocycles. The highest BCUT2D eigenvalue weighted by molar-refractivity contribution is 5.90. The van der Waals surface area contributed by atoms with Crippen LogP contribution in [0.25, 0.3) is 0 Å². The molecule has 0 saturated heterocycles. The van der Waals surface area contributed by atoms with Crippen LogP contribution >= 0.6 is 0 Å². The van der Waals surface area contributed by atoms with Crippen molar-refractivity contribution < 1.29 is 19.2 Å². The smallest absolute Gasteiger partial charge is 0.350 e. The summed E-state index contributed by atoms with van der Waals surface area (Å²) in [6.07, 6.45) is 1.34. The molecule has 0 unspecified atom stereocenters. The first kappa shape index (κ1) is 16.3. The van der Waals surface area contributed by atoms with Crippen molar-refractivity contribution >= 4 is 17.3 Å². The number of rotatable bonds is 7. The van der Waals surface area contributed by atoms with Gasteiger partial charge in [-0.3, -0.25) is 19.6 Å². The lowest BCUT2D eigenvalue weighted by Gasteiger charge is -2.07. The molecule has 0 fully saturated rings. The molecule has 0 bridgehead atoms. The number of carbonyl (C=O) groups is 1. The summed E-state index contributed by atoms with van der Waals surface area (Å²) in [5.41, 5.74) is 0.374.